The fourth-order valence-corrected chi connectivity index (χ4v) is 4.98. The minimum absolute atomic E-state index is 0.132. The third-order valence-electron chi connectivity index (χ3n) is 6.74. The number of amides is 1. The van der Waals surface area contributed by atoms with Crippen LogP contribution in [0.4, 0.5) is 0 Å². The molecule has 6 nitrogen and oxygen atoms in total. The molecule has 1 unspecified atom stereocenters. The lowest BCUT2D eigenvalue weighted by Gasteiger charge is -2.29. The van der Waals surface area contributed by atoms with Crippen LogP contribution in [-0.4, -0.2) is 45.4 Å². The maximum absolute atomic E-state index is 11.2. The lowest BCUT2D eigenvalue weighted by Crippen LogP contribution is -2.33. The molecule has 1 heterocycles. The highest BCUT2D eigenvalue weighted by molar-refractivity contribution is 5.90. The Bertz CT molecular complexity index is 1150. The van der Waals surface area contributed by atoms with Crippen molar-refractivity contribution in [2.45, 2.75) is 39.3 Å². The smallest absolute Gasteiger partial charge is 0.267 e. The average molecular weight is 434 g/mol. The molecule has 32 heavy (non-hydrogen) atoms. The first-order valence-electron chi connectivity index (χ1n) is 11.2. The molecule has 0 fully saturated rings. The lowest BCUT2D eigenvalue weighted by atomic mass is 10.0. The van der Waals surface area contributed by atoms with E-state index in [4.69, 9.17) is 5.21 Å². The molecule has 168 valence electrons. The van der Waals surface area contributed by atoms with Crippen LogP contribution in [0.5, 0.6) is 0 Å². The number of aromatic nitrogens is 1. The van der Waals surface area contributed by atoms with E-state index >= 15 is 0 Å². The zero-order valence-electron chi connectivity index (χ0n) is 18.7. The molecule has 1 amide bonds. The van der Waals surface area contributed by atoms with Gasteiger partial charge in [0.25, 0.3) is 5.91 Å². The second-order valence-corrected chi connectivity index (χ2v) is 8.46. The van der Waals surface area contributed by atoms with Crippen LogP contribution in [0.15, 0.2) is 48.5 Å². The first-order valence-corrected chi connectivity index (χ1v) is 11.2. The molecule has 1 aliphatic rings. The van der Waals surface area contributed by atoms with Crippen molar-refractivity contribution in [2.24, 2.45) is 0 Å². The Morgan fingerprint density at radius 2 is 2.03 bits per heavy atom. The number of hydrogen-bond acceptors (Lipinski definition) is 4. The summed E-state index contributed by atoms with van der Waals surface area (Å²) in [7, 11) is 0. The van der Waals surface area contributed by atoms with Gasteiger partial charge in [-0.15, -0.1) is 0 Å². The summed E-state index contributed by atoms with van der Waals surface area (Å²) in [6.45, 7) is 6.88. The summed E-state index contributed by atoms with van der Waals surface area (Å²) in [5.74, 6) is -0.541. The number of nitrogens with one attached hydrogen (secondary N) is 1. The Morgan fingerprint density at radius 3 is 2.81 bits per heavy atom. The SMILES string of the molecule is Cc1c(C)n(CCN(CCO)C2CCc3cc(C=CC(=O)NO)ccc32)c2ccccc12. The van der Waals surface area contributed by atoms with Crippen LogP contribution in [-0.2, 0) is 17.8 Å². The van der Waals surface area contributed by atoms with Crippen molar-refractivity contribution in [1.29, 1.82) is 0 Å². The maximum Gasteiger partial charge on any atom is 0.267 e. The molecule has 0 radical (unpaired) electrons. The Balaban J connectivity index is 1.53. The molecule has 0 spiro atoms. The third-order valence-corrected chi connectivity index (χ3v) is 6.74. The van der Waals surface area contributed by atoms with E-state index in [1.807, 2.05) is 6.07 Å². The normalized spacial score (nSPS) is 15.7. The van der Waals surface area contributed by atoms with Crippen molar-refractivity contribution in [3.8, 4) is 0 Å². The van der Waals surface area contributed by atoms with Crippen LogP contribution in [0.3, 0.4) is 0 Å². The minimum Gasteiger partial charge on any atom is -0.395 e. The van der Waals surface area contributed by atoms with E-state index in [0.29, 0.717) is 6.54 Å². The maximum atomic E-state index is 11.2. The van der Waals surface area contributed by atoms with Gasteiger partial charge in [0.05, 0.1) is 6.61 Å². The number of carbonyl (C=O) groups excluding carboxylic acids is 1. The molecular weight excluding hydrogens is 402 g/mol. The van der Waals surface area contributed by atoms with E-state index in [1.54, 1.807) is 11.6 Å². The van der Waals surface area contributed by atoms with Gasteiger partial charge in [0.15, 0.2) is 0 Å². The van der Waals surface area contributed by atoms with Gasteiger partial charge in [-0.05, 0) is 61.1 Å². The molecule has 1 aliphatic carbocycles. The molecule has 0 bridgehead atoms. The van der Waals surface area contributed by atoms with Gasteiger partial charge < -0.3 is 9.67 Å². The predicted octanol–water partition coefficient (Wildman–Crippen LogP) is 3.76. The van der Waals surface area contributed by atoms with Gasteiger partial charge in [-0.2, -0.15) is 0 Å². The number of hydrogen-bond donors (Lipinski definition) is 3. The minimum atomic E-state index is -0.541. The highest BCUT2D eigenvalue weighted by Crippen LogP contribution is 2.36. The van der Waals surface area contributed by atoms with Crippen LogP contribution in [0.2, 0.25) is 0 Å². The summed E-state index contributed by atoms with van der Waals surface area (Å²) in [6.07, 6.45) is 5.01. The Hall–Kier alpha value is -2.93. The number of rotatable bonds is 8. The fourth-order valence-electron chi connectivity index (χ4n) is 4.98. The number of fused-ring (bicyclic) bond motifs is 2. The van der Waals surface area contributed by atoms with Crippen molar-refractivity contribution in [2.75, 3.05) is 19.7 Å². The zero-order valence-corrected chi connectivity index (χ0v) is 18.7. The number of aliphatic hydroxyl groups is 1. The first-order chi connectivity index (χ1) is 15.5. The molecule has 1 atom stereocenters. The summed E-state index contributed by atoms with van der Waals surface area (Å²) < 4.78 is 2.39. The molecule has 3 N–H and O–H groups in total. The van der Waals surface area contributed by atoms with Crippen LogP contribution in [0.1, 0.15) is 40.4 Å². The Kier molecular flexibility index (Phi) is 6.74. The van der Waals surface area contributed by atoms with Crippen LogP contribution >= 0.6 is 0 Å². The molecule has 1 aromatic heterocycles. The van der Waals surface area contributed by atoms with Crippen molar-refractivity contribution < 1.29 is 15.1 Å². The molecule has 0 aliphatic heterocycles. The zero-order chi connectivity index (χ0) is 22.7. The van der Waals surface area contributed by atoms with E-state index in [0.717, 1.165) is 31.5 Å². The fraction of sp³-hybridized carbons (Fsp3) is 0.346. The third kappa shape index (κ3) is 4.35. The number of para-hydroxylation sites is 1. The van der Waals surface area contributed by atoms with E-state index in [9.17, 15) is 9.90 Å². The summed E-state index contributed by atoms with van der Waals surface area (Å²) in [6, 6.07) is 15.1. The molecule has 2 aromatic carbocycles. The van der Waals surface area contributed by atoms with Crippen molar-refractivity contribution in [1.82, 2.24) is 14.9 Å². The second-order valence-electron chi connectivity index (χ2n) is 8.46. The van der Waals surface area contributed by atoms with Gasteiger partial charge in [-0.1, -0.05) is 36.4 Å². The standard InChI is InChI=1S/C26H31N3O3/c1-18-19(2)29(25-6-4-3-5-22(18)25)14-13-28(15-16-30)24-11-9-21-17-20(7-10-23(21)24)8-12-26(31)27-32/h3-8,10,12,17,24,30,32H,9,11,13-16H2,1-2H3,(H,27,31). The van der Waals surface area contributed by atoms with Gasteiger partial charge in [0, 0.05) is 48.3 Å². The second kappa shape index (κ2) is 9.69. The highest BCUT2D eigenvalue weighted by atomic mass is 16.5. The van der Waals surface area contributed by atoms with Crippen molar-refractivity contribution >= 4 is 22.9 Å². The average Bonchev–Trinajstić information content (AvgIpc) is 3.34. The largest absolute Gasteiger partial charge is 0.395 e. The van der Waals surface area contributed by atoms with Crippen LogP contribution in [0.25, 0.3) is 17.0 Å². The quantitative estimate of drug-likeness (QED) is 0.287. The van der Waals surface area contributed by atoms with Gasteiger partial charge >= 0.3 is 0 Å². The number of benzene rings is 2. The number of aliphatic hydroxyl groups excluding tert-OH is 1. The highest BCUT2D eigenvalue weighted by Gasteiger charge is 2.28. The molecular formula is C26H31N3O3. The summed E-state index contributed by atoms with van der Waals surface area (Å²) in [5, 5.41) is 19.7. The van der Waals surface area contributed by atoms with Gasteiger partial charge in [-0.3, -0.25) is 14.9 Å². The van der Waals surface area contributed by atoms with Crippen LogP contribution < -0.4 is 5.48 Å². The monoisotopic (exact) mass is 433 g/mol. The number of aryl methyl sites for hydroxylation is 2. The van der Waals surface area contributed by atoms with E-state index in [1.165, 1.54) is 39.4 Å². The molecule has 3 aromatic rings. The number of hydroxylamine groups is 1. The molecule has 6 heteroatoms. The molecule has 0 saturated carbocycles. The Labute approximate surface area is 188 Å². The van der Waals surface area contributed by atoms with E-state index in [-0.39, 0.29) is 12.6 Å². The van der Waals surface area contributed by atoms with Gasteiger partial charge in [0.1, 0.15) is 0 Å². The number of nitrogens with zero attached hydrogens (tertiary/aromatic N) is 2. The number of carbonyl (C=O) groups is 1. The topological polar surface area (TPSA) is 77.7 Å². The van der Waals surface area contributed by atoms with Crippen molar-refractivity contribution in [3.05, 3.63) is 76.5 Å². The Morgan fingerprint density at radius 1 is 1.22 bits per heavy atom. The summed E-state index contributed by atoms with van der Waals surface area (Å²) in [4.78, 5) is 13.6. The van der Waals surface area contributed by atoms with Gasteiger partial charge in [0.2, 0.25) is 0 Å². The first kappa shape index (κ1) is 22.3. The predicted molar refractivity (Wildman–Crippen MR) is 127 cm³/mol. The van der Waals surface area contributed by atoms with E-state index in [2.05, 4.69) is 59.7 Å². The van der Waals surface area contributed by atoms with Gasteiger partial charge in [-0.25, -0.2) is 5.48 Å². The summed E-state index contributed by atoms with van der Waals surface area (Å²) >= 11 is 0. The molecule has 4 rings (SSSR count). The van der Waals surface area contributed by atoms with Crippen LogP contribution in [0, 0.1) is 13.8 Å². The lowest BCUT2D eigenvalue weighted by molar-refractivity contribution is -0.124. The van der Waals surface area contributed by atoms with Crippen molar-refractivity contribution in [3.63, 3.8) is 0 Å². The summed E-state index contributed by atoms with van der Waals surface area (Å²) in [5.41, 5.74) is 9.02. The molecule has 0 saturated heterocycles. The van der Waals surface area contributed by atoms with E-state index < -0.39 is 5.91 Å².